The van der Waals surface area contributed by atoms with Crippen molar-refractivity contribution >= 4 is 17.7 Å². The van der Waals surface area contributed by atoms with Gasteiger partial charge < -0.3 is 20.2 Å². The second-order valence-electron chi connectivity index (χ2n) is 6.61. The average Bonchev–Trinajstić information content (AvgIpc) is 3.04. The van der Waals surface area contributed by atoms with Gasteiger partial charge in [-0.3, -0.25) is 4.79 Å². The number of methoxy groups -OCH3 is 1. The van der Waals surface area contributed by atoms with E-state index in [1.54, 1.807) is 13.2 Å². The van der Waals surface area contributed by atoms with Gasteiger partial charge in [0.25, 0.3) is 0 Å². The molecular formula is C18H25N5O3S. The molecule has 0 saturated carbocycles. The van der Waals surface area contributed by atoms with Gasteiger partial charge in [-0.2, -0.15) is 0 Å². The second kappa shape index (κ2) is 8.98. The first-order valence-corrected chi connectivity index (χ1v) is 9.92. The molecule has 1 saturated heterocycles. The topological polar surface area (TPSA) is 95.5 Å². The smallest absolute Gasteiger partial charge is 0.233 e. The van der Waals surface area contributed by atoms with Crippen LogP contribution in [0.15, 0.2) is 29.4 Å². The maximum Gasteiger partial charge on any atom is 0.233 e. The minimum atomic E-state index is 0.115. The van der Waals surface area contributed by atoms with Gasteiger partial charge in [-0.15, -0.1) is 10.2 Å². The van der Waals surface area contributed by atoms with Crippen molar-refractivity contribution in [3.05, 3.63) is 30.1 Å². The number of piperidine rings is 1. The van der Waals surface area contributed by atoms with Crippen molar-refractivity contribution in [3.63, 3.8) is 0 Å². The number of hydrogen-bond acceptors (Lipinski definition) is 7. The third kappa shape index (κ3) is 5.06. The standard InChI is InChI=1S/C18H25N5O3S/c1-13-5-4-8-22(10-13)17(24)12-27-18-21-20-16(23(18)19)11-26-15-7-3-6-14(9-15)25-2/h3,6-7,9,13H,4-5,8,10-12,19H2,1-2H3. The molecule has 2 aromatic rings. The number of likely N-dealkylation sites (tertiary alicyclic amines) is 1. The van der Waals surface area contributed by atoms with E-state index in [1.165, 1.54) is 22.9 Å². The van der Waals surface area contributed by atoms with Crippen LogP contribution in [0.2, 0.25) is 0 Å². The van der Waals surface area contributed by atoms with Gasteiger partial charge in [0.05, 0.1) is 12.9 Å². The number of benzene rings is 1. The Morgan fingerprint density at radius 3 is 2.96 bits per heavy atom. The number of amides is 1. The SMILES string of the molecule is COc1cccc(OCc2nnc(SCC(=O)N3CCCC(C)C3)n2N)c1. The Hall–Kier alpha value is -2.42. The van der Waals surface area contributed by atoms with Gasteiger partial charge >= 0.3 is 0 Å². The van der Waals surface area contributed by atoms with Crippen LogP contribution in [0, 0.1) is 5.92 Å². The number of nitrogens with two attached hydrogens (primary N) is 1. The molecule has 2 N–H and O–H groups in total. The maximum atomic E-state index is 12.4. The molecule has 0 aliphatic carbocycles. The van der Waals surface area contributed by atoms with Crippen LogP contribution in [0.25, 0.3) is 0 Å². The third-order valence-electron chi connectivity index (χ3n) is 4.48. The number of carbonyl (C=O) groups is 1. The number of thioether (sulfide) groups is 1. The molecule has 1 aliphatic heterocycles. The summed E-state index contributed by atoms with van der Waals surface area (Å²) in [7, 11) is 1.60. The summed E-state index contributed by atoms with van der Waals surface area (Å²) in [6, 6.07) is 7.29. The van der Waals surface area contributed by atoms with Crippen molar-refractivity contribution in [2.24, 2.45) is 5.92 Å². The summed E-state index contributed by atoms with van der Waals surface area (Å²) in [4.78, 5) is 14.3. The van der Waals surface area contributed by atoms with E-state index >= 15 is 0 Å². The lowest BCUT2D eigenvalue weighted by Gasteiger charge is -2.30. The highest BCUT2D eigenvalue weighted by Crippen LogP contribution is 2.21. The number of nitrogens with zero attached hydrogens (tertiary/aromatic N) is 4. The number of hydrogen-bond donors (Lipinski definition) is 1. The van der Waals surface area contributed by atoms with Crippen LogP contribution in [0.4, 0.5) is 0 Å². The molecular weight excluding hydrogens is 366 g/mol. The Morgan fingerprint density at radius 2 is 2.19 bits per heavy atom. The third-order valence-corrected chi connectivity index (χ3v) is 5.41. The van der Waals surface area contributed by atoms with Gasteiger partial charge in [-0.25, -0.2) is 4.68 Å². The van der Waals surface area contributed by atoms with Crippen molar-refractivity contribution in [1.82, 2.24) is 19.8 Å². The normalized spacial score (nSPS) is 17.0. The van der Waals surface area contributed by atoms with Crippen LogP contribution in [0.3, 0.4) is 0 Å². The van der Waals surface area contributed by atoms with Crippen LogP contribution < -0.4 is 15.3 Å². The lowest BCUT2D eigenvalue weighted by atomic mass is 10.0. The molecule has 1 amide bonds. The molecule has 1 aromatic carbocycles. The zero-order chi connectivity index (χ0) is 19.2. The van der Waals surface area contributed by atoms with Crippen molar-refractivity contribution in [1.29, 1.82) is 0 Å². The minimum Gasteiger partial charge on any atom is -0.497 e. The van der Waals surface area contributed by atoms with Crippen molar-refractivity contribution in [3.8, 4) is 11.5 Å². The molecule has 0 bridgehead atoms. The van der Waals surface area contributed by atoms with Gasteiger partial charge in [-0.05, 0) is 30.9 Å². The van der Waals surface area contributed by atoms with Crippen LogP contribution in [0.5, 0.6) is 11.5 Å². The molecule has 1 aromatic heterocycles. The summed E-state index contributed by atoms with van der Waals surface area (Å²) in [6.45, 7) is 4.01. The van der Waals surface area contributed by atoms with Crippen LogP contribution >= 0.6 is 11.8 Å². The summed E-state index contributed by atoms with van der Waals surface area (Å²) in [6.07, 6.45) is 2.25. The maximum absolute atomic E-state index is 12.4. The minimum absolute atomic E-state index is 0.115. The predicted octanol–water partition coefficient (Wildman–Crippen LogP) is 1.93. The highest BCUT2D eigenvalue weighted by atomic mass is 32.2. The van der Waals surface area contributed by atoms with E-state index in [0.29, 0.717) is 34.2 Å². The van der Waals surface area contributed by atoms with Crippen molar-refractivity contribution in [2.75, 3.05) is 31.8 Å². The molecule has 3 rings (SSSR count). The van der Waals surface area contributed by atoms with Crippen molar-refractivity contribution in [2.45, 2.75) is 31.5 Å². The Kier molecular flexibility index (Phi) is 6.44. The number of rotatable bonds is 7. The van der Waals surface area contributed by atoms with E-state index in [2.05, 4.69) is 17.1 Å². The quantitative estimate of drug-likeness (QED) is 0.569. The lowest BCUT2D eigenvalue weighted by molar-refractivity contribution is -0.130. The first-order valence-electron chi connectivity index (χ1n) is 8.93. The zero-order valence-electron chi connectivity index (χ0n) is 15.6. The predicted molar refractivity (Wildman–Crippen MR) is 103 cm³/mol. The molecule has 8 nitrogen and oxygen atoms in total. The fraction of sp³-hybridized carbons (Fsp3) is 0.500. The first-order chi connectivity index (χ1) is 13.1. The number of ether oxygens (including phenoxy) is 2. The molecule has 1 fully saturated rings. The van der Waals surface area contributed by atoms with Gasteiger partial charge in [0, 0.05) is 19.2 Å². The second-order valence-corrected chi connectivity index (χ2v) is 7.55. The number of nitrogen functional groups attached to an aromatic ring is 1. The molecule has 146 valence electrons. The molecule has 1 unspecified atom stereocenters. The van der Waals surface area contributed by atoms with Gasteiger partial charge in [0.1, 0.15) is 18.1 Å². The Balaban J connectivity index is 1.52. The number of aromatic nitrogens is 3. The summed E-state index contributed by atoms with van der Waals surface area (Å²) in [5.74, 6) is 8.88. The van der Waals surface area contributed by atoms with E-state index in [-0.39, 0.29) is 12.5 Å². The molecule has 1 atom stereocenters. The first kappa shape index (κ1) is 19.3. The van der Waals surface area contributed by atoms with Crippen molar-refractivity contribution < 1.29 is 14.3 Å². The zero-order valence-corrected chi connectivity index (χ0v) is 16.4. The summed E-state index contributed by atoms with van der Waals surface area (Å²) in [5, 5.41) is 8.63. The van der Waals surface area contributed by atoms with E-state index in [1.807, 2.05) is 23.1 Å². The molecule has 0 radical (unpaired) electrons. The lowest BCUT2D eigenvalue weighted by Crippen LogP contribution is -2.40. The highest BCUT2D eigenvalue weighted by Gasteiger charge is 2.22. The average molecular weight is 391 g/mol. The Morgan fingerprint density at radius 1 is 1.37 bits per heavy atom. The van der Waals surface area contributed by atoms with Crippen LogP contribution in [0.1, 0.15) is 25.6 Å². The van der Waals surface area contributed by atoms with Crippen LogP contribution in [-0.4, -0.2) is 51.6 Å². The fourth-order valence-electron chi connectivity index (χ4n) is 2.98. The fourth-order valence-corrected chi connectivity index (χ4v) is 3.75. The summed E-state index contributed by atoms with van der Waals surface area (Å²) < 4.78 is 12.2. The Bertz CT molecular complexity index is 782. The Labute approximate surface area is 163 Å². The largest absolute Gasteiger partial charge is 0.497 e. The van der Waals surface area contributed by atoms with E-state index in [9.17, 15) is 4.79 Å². The van der Waals surface area contributed by atoms with Gasteiger partial charge in [0.2, 0.25) is 11.1 Å². The monoisotopic (exact) mass is 391 g/mol. The molecule has 1 aliphatic rings. The van der Waals surface area contributed by atoms with Gasteiger partial charge in [-0.1, -0.05) is 24.8 Å². The number of carbonyl (C=O) groups excluding carboxylic acids is 1. The molecule has 2 heterocycles. The molecule has 9 heteroatoms. The van der Waals surface area contributed by atoms with Crippen LogP contribution in [-0.2, 0) is 11.4 Å². The molecule has 0 spiro atoms. The van der Waals surface area contributed by atoms with Gasteiger partial charge in [0.15, 0.2) is 5.82 Å². The summed E-state index contributed by atoms with van der Waals surface area (Å²) >= 11 is 1.30. The molecule has 27 heavy (non-hydrogen) atoms. The van der Waals surface area contributed by atoms with E-state index in [0.717, 1.165) is 19.5 Å². The van der Waals surface area contributed by atoms with E-state index in [4.69, 9.17) is 15.3 Å². The summed E-state index contributed by atoms with van der Waals surface area (Å²) in [5.41, 5.74) is 0. The van der Waals surface area contributed by atoms with E-state index < -0.39 is 0 Å². The highest BCUT2D eigenvalue weighted by molar-refractivity contribution is 7.99.